The van der Waals surface area contributed by atoms with E-state index in [4.69, 9.17) is 4.74 Å². The van der Waals surface area contributed by atoms with Gasteiger partial charge in [0.25, 0.3) is 0 Å². The van der Waals surface area contributed by atoms with E-state index in [9.17, 15) is 21.9 Å². The summed E-state index contributed by atoms with van der Waals surface area (Å²) in [5, 5.41) is 9.85. The molecule has 0 bridgehead atoms. The van der Waals surface area contributed by atoms with Crippen LogP contribution in [0.15, 0.2) is 52.3 Å². The highest BCUT2D eigenvalue weighted by Crippen LogP contribution is 2.34. The quantitative estimate of drug-likeness (QED) is 0.529. The second-order valence-corrected chi connectivity index (χ2v) is 14.7. The normalized spacial score (nSPS) is 22.7. The summed E-state index contributed by atoms with van der Waals surface area (Å²) in [5.41, 5.74) is 1.60. The Labute approximate surface area is 233 Å². The third kappa shape index (κ3) is 6.50. The summed E-state index contributed by atoms with van der Waals surface area (Å²) in [6.07, 6.45) is 3.82. The molecule has 2 aliphatic rings. The van der Waals surface area contributed by atoms with Gasteiger partial charge in [0.05, 0.1) is 18.0 Å². The lowest BCUT2D eigenvalue weighted by molar-refractivity contribution is 0.0904. The molecule has 8 nitrogen and oxygen atoms in total. The van der Waals surface area contributed by atoms with E-state index in [1.165, 1.54) is 34.6 Å². The summed E-state index contributed by atoms with van der Waals surface area (Å²) >= 11 is 0. The van der Waals surface area contributed by atoms with Gasteiger partial charge < -0.3 is 9.84 Å². The predicted molar refractivity (Wildman–Crippen MR) is 150 cm³/mol. The topological polar surface area (TPSA) is 104 Å². The van der Waals surface area contributed by atoms with E-state index in [2.05, 4.69) is 11.8 Å². The first-order valence-corrected chi connectivity index (χ1v) is 16.3. The number of sulfonamides is 2. The number of fused-ring (bicyclic) bond motifs is 1. The van der Waals surface area contributed by atoms with Crippen LogP contribution in [0.3, 0.4) is 0 Å². The van der Waals surface area contributed by atoms with Crippen LogP contribution in [0.5, 0.6) is 5.75 Å². The number of nitrogens with zero attached hydrogens (tertiary/aromatic N) is 2. The Morgan fingerprint density at radius 3 is 2.46 bits per heavy atom. The number of benzene rings is 2. The summed E-state index contributed by atoms with van der Waals surface area (Å²) in [4.78, 5) is 0.159. The van der Waals surface area contributed by atoms with Gasteiger partial charge in [0.1, 0.15) is 16.7 Å². The SMILES string of the molecule is Cc1ccc(S(=O)(=O)N(C)C[C@H]2Oc3cc(C#CC4CCCC4)ccc3S(=O)(=O)N([C@H](C)CO)C[C@@H]2C)cc1. The largest absolute Gasteiger partial charge is 0.487 e. The second-order valence-electron chi connectivity index (χ2n) is 10.8. The molecule has 0 spiro atoms. The van der Waals surface area contributed by atoms with Crippen molar-refractivity contribution < 1.29 is 26.7 Å². The molecule has 0 amide bonds. The Hall–Kier alpha value is -2.42. The summed E-state index contributed by atoms with van der Waals surface area (Å²) in [6, 6.07) is 10.8. The number of aliphatic hydroxyl groups is 1. The van der Waals surface area contributed by atoms with Crippen molar-refractivity contribution in [2.24, 2.45) is 11.8 Å². The first-order valence-electron chi connectivity index (χ1n) is 13.4. The fourth-order valence-corrected chi connectivity index (χ4v) is 8.03. The molecule has 1 heterocycles. The fraction of sp³-hybridized carbons (Fsp3) is 0.517. The van der Waals surface area contributed by atoms with Gasteiger partial charge in [-0.1, -0.05) is 49.3 Å². The smallest absolute Gasteiger partial charge is 0.247 e. The number of aliphatic hydroxyl groups excluding tert-OH is 1. The number of hydrogen-bond donors (Lipinski definition) is 1. The first-order chi connectivity index (χ1) is 18.4. The summed E-state index contributed by atoms with van der Waals surface area (Å²) in [5.74, 6) is 6.57. The minimum absolute atomic E-state index is 0.0101. The van der Waals surface area contributed by atoms with E-state index < -0.39 is 32.2 Å². The van der Waals surface area contributed by atoms with Gasteiger partial charge in [-0.3, -0.25) is 0 Å². The van der Waals surface area contributed by atoms with Crippen LogP contribution in [0, 0.1) is 30.6 Å². The van der Waals surface area contributed by atoms with Crippen molar-refractivity contribution >= 4 is 20.0 Å². The molecule has 1 aliphatic heterocycles. The summed E-state index contributed by atoms with van der Waals surface area (Å²) in [7, 11) is -6.30. The molecular formula is C29H38N2O6S2. The molecule has 2 aromatic carbocycles. The van der Waals surface area contributed by atoms with Crippen molar-refractivity contribution in [2.45, 2.75) is 68.4 Å². The first kappa shape index (κ1) is 29.6. The van der Waals surface area contributed by atoms with Gasteiger partial charge in [-0.15, -0.1) is 0 Å². The minimum Gasteiger partial charge on any atom is -0.487 e. The van der Waals surface area contributed by atoms with Gasteiger partial charge >= 0.3 is 0 Å². The van der Waals surface area contributed by atoms with Crippen molar-refractivity contribution in [1.82, 2.24) is 8.61 Å². The van der Waals surface area contributed by atoms with E-state index in [0.717, 1.165) is 18.4 Å². The van der Waals surface area contributed by atoms with Crippen molar-refractivity contribution in [3.63, 3.8) is 0 Å². The highest BCUT2D eigenvalue weighted by atomic mass is 32.2. The lowest BCUT2D eigenvalue weighted by atomic mass is 10.0. The van der Waals surface area contributed by atoms with Gasteiger partial charge in [-0.05, 0) is 57.0 Å². The van der Waals surface area contributed by atoms with Crippen LogP contribution in [-0.2, 0) is 20.0 Å². The molecule has 1 aliphatic carbocycles. The Kier molecular flexibility index (Phi) is 9.08. The lowest BCUT2D eigenvalue weighted by Crippen LogP contribution is -2.50. The zero-order chi connectivity index (χ0) is 28.4. The average molecular weight is 575 g/mol. The molecule has 10 heteroatoms. The van der Waals surface area contributed by atoms with Crippen molar-refractivity contribution in [1.29, 1.82) is 0 Å². The second kappa shape index (κ2) is 12.0. The predicted octanol–water partition coefficient (Wildman–Crippen LogP) is 3.63. The zero-order valence-corrected chi connectivity index (χ0v) is 24.6. The van der Waals surface area contributed by atoms with E-state index >= 15 is 0 Å². The molecule has 3 atom stereocenters. The van der Waals surface area contributed by atoms with Gasteiger partial charge in [0, 0.05) is 37.0 Å². The number of likely N-dealkylation sites (N-methyl/N-ethyl adjacent to an activating group) is 1. The Morgan fingerprint density at radius 1 is 1.15 bits per heavy atom. The third-order valence-electron chi connectivity index (χ3n) is 7.61. The van der Waals surface area contributed by atoms with Gasteiger partial charge in [-0.2, -0.15) is 8.61 Å². The van der Waals surface area contributed by atoms with Gasteiger partial charge in [-0.25, -0.2) is 16.8 Å². The van der Waals surface area contributed by atoms with Crippen molar-refractivity contribution in [2.75, 3.05) is 26.7 Å². The maximum Gasteiger partial charge on any atom is 0.247 e. The van der Waals surface area contributed by atoms with Gasteiger partial charge in [0.15, 0.2) is 0 Å². The number of rotatable bonds is 6. The van der Waals surface area contributed by atoms with E-state index in [-0.39, 0.29) is 41.2 Å². The molecule has 0 unspecified atom stereocenters. The zero-order valence-electron chi connectivity index (χ0n) is 23.0. The molecule has 4 rings (SSSR count). The highest BCUT2D eigenvalue weighted by molar-refractivity contribution is 7.89. The van der Waals surface area contributed by atoms with E-state index in [1.54, 1.807) is 43.3 Å². The average Bonchev–Trinajstić information content (AvgIpc) is 3.43. The Balaban J connectivity index is 1.71. The molecule has 0 aromatic heterocycles. The Morgan fingerprint density at radius 2 is 1.82 bits per heavy atom. The molecule has 0 saturated heterocycles. The molecule has 212 valence electrons. The molecule has 1 fully saturated rings. The molecule has 0 radical (unpaired) electrons. The number of ether oxygens (including phenoxy) is 1. The molecular weight excluding hydrogens is 536 g/mol. The van der Waals surface area contributed by atoms with Crippen molar-refractivity contribution in [3.8, 4) is 17.6 Å². The number of hydrogen-bond acceptors (Lipinski definition) is 6. The number of aryl methyl sites for hydroxylation is 1. The van der Waals surface area contributed by atoms with Crippen LogP contribution < -0.4 is 4.74 Å². The van der Waals surface area contributed by atoms with Crippen LogP contribution in [0.25, 0.3) is 0 Å². The molecule has 39 heavy (non-hydrogen) atoms. The van der Waals surface area contributed by atoms with Crippen LogP contribution in [0.1, 0.15) is 50.7 Å². The monoisotopic (exact) mass is 574 g/mol. The summed E-state index contributed by atoms with van der Waals surface area (Å²) < 4.78 is 62.9. The lowest BCUT2D eigenvalue weighted by Gasteiger charge is -2.37. The highest BCUT2D eigenvalue weighted by Gasteiger charge is 2.39. The standard InChI is InChI=1S/C29H38N2O6S2/c1-21-9-14-26(15-10-21)38(33,34)30(4)19-28-22(2)18-31(23(3)20-32)39(35,36)29-16-13-25(17-27(29)37-28)12-11-24-7-5-6-8-24/h9-10,13-17,22-24,28,32H,5-8,18-20H2,1-4H3/t22-,23+,28+/m0/s1. The molecule has 2 aromatic rings. The molecule has 1 saturated carbocycles. The van der Waals surface area contributed by atoms with Crippen LogP contribution >= 0.6 is 0 Å². The van der Waals surface area contributed by atoms with E-state index in [1.807, 2.05) is 13.8 Å². The molecule has 1 N–H and O–H groups in total. The minimum atomic E-state index is -3.99. The summed E-state index contributed by atoms with van der Waals surface area (Å²) in [6.45, 7) is 5.10. The third-order valence-corrected chi connectivity index (χ3v) is 11.5. The van der Waals surface area contributed by atoms with Gasteiger partial charge in [0.2, 0.25) is 20.0 Å². The fourth-order valence-electron chi connectivity index (χ4n) is 5.02. The van der Waals surface area contributed by atoms with Crippen molar-refractivity contribution in [3.05, 3.63) is 53.6 Å². The van der Waals surface area contributed by atoms with E-state index in [0.29, 0.717) is 11.5 Å². The maximum atomic E-state index is 13.7. The van der Waals surface area contributed by atoms with Crippen LogP contribution in [0.2, 0.25) is 0 Å². The maximum absolute atomic E-state index is 13.7. The van der Waals surface area contributed by atoms with Crippen LogP contribution in [0.4, 0.5) is 0 Å². The Bertz CT molecular complexity index is 1440. The van der Waals surface area contributed by atoms with Crippen LogP contribution in [-0.4, -0.2) is 69.4 Å².